The fourth-order valence-corrected chi connectivity index (χ4v) is 1.55. The molecule has 5 heteroatoms. The molecule has 1 atom stereocenters. The highest BCUT2D eigenvalue weighted by Crippen LogP contribution is 2.06. The van der Waals surface area contributed by atoms with Gasteiger partial charge in [0, 0.05) is 12.6 Å². The maximum Gasteiger partial charge on any atom is 0.328 e. The SMILES string of the molecule is O=C(O)[C@H](Cc1ccccc1)N=Cc1cnc[nH]1. The van der Waals surface area contributed by atoms with Crippen molar-refractivity contribution in [2.75, 3.05) is 0 Å². The van der Waals surface area contributed by atoms with Crippen LogP contribution in [0.25, 0.3) is 0 Å². The van der Waals surface area contributed by atoms with Gasteiger partial charge in [-0.2, -0.15) is 0 Å². The molecule has 2 aromatic rings. The maximum atomic E-state index is 11.1. The van der Waals surface area contributed by atoms with Gasteiger partial charge in [-0.1, -0.05) is 30.3 Å². The molecule has 0 aliphatic heterocycles. The van der Waals surface area contributed by atoms with Crippen molar-refractivity contribution in [1.82, 2.24) is 9.97 Å². The van der Waals surface area contributed by atoms with E-state index in [-0.39, 0.29) is 0 Å². The Morgan fingerprint density at radius 3 is 2.83 bits per heavy atom. The maximum absolute atomic E-state index is 11.1. The number of hydrogen-bond donors (Lipinski definition) is 2. The first-order chi connectivity index (χ1) is 8.75. The summed E-state index contributed by atoms with van der Waals surface area (Å²) in [5, 5.41) is 9.12. The van der Waals surface area contributed by atoms with Crippen LogP contribution in [0.5, 0.6) is 0 Å². The summed E-state index contributed by atoms with van der Waals surface area (Å²) >= 11 is 0. The predicted octanol–water partition coefficient (Wildman–Crippen LogP) is 1.52. The molecule has 0 unspecified atom stereocenters. The van der Waals surface area contributed by atoms with Gasteiger partial charge in [-0.05, 0) is 5.56 Å². The molecule has 0 bridgehead atoms. The summed E-state index contributed by atoms with van der Waals surface area (Å²) in [7, 11) is 0. The first kappa shape index (κ1) is 12.0. The summed E-state index contributed by atoms with van der Waals surface area (Å²) in [6, 6.07) is 8.66. The molecule has 2 N–H and O–H groups in total. The second-order valence-electron chi connectivity index (χ2n) is 3.83. The van der Waals surface area contributed by atoms with Crippen LogP contribution in [-0.4, -0.2) is 33.3 Å². The third-order valence-corrected chi connectivity index (χ3v) is 2.47. The molecule has 1 heterocycles. The first-order valence-corrected chi connectivity index (χ1v) is 5.54. The zero-order valence-electron chi connectivity index (χ0n) is 9.65. The van der Waals surface area contributed by atoms with Crippen molar-refractivity contribution >= 4 is 12.2 Å². The lowest BCUT2D eigenvalue weighted by molar-refractivity contribution is -0.138. The van der Waals surface area contributed by atoms with Gasteiger partial charge >= 0.3 is 5.97 Å². The van der Waals surface area contributed by atoms with Crippen LogP contribution < -0.4 is 0 Å². The van der Waals surface area contributed by atoms with E-state index in [4.69, 9.17) is 5.11 Å². The third kappa shape index (κ3) is 3.28. The van der Waals surface area contributed by atoms with Gasteiger partial charge < -0.3 is 10.1 Å². The Kier molecular flexibility index (Phi) is 3.86. The average Bonchev–Trinajstić information content (AvgIpc) is 2.88. The fourth-order valence-electron chi connectivity index (χ4n) is 1.55. The van der Waals surface area contributed by atoms with E-state index >= 15 is 0 Å². The number of aromatic nitrogens is 2. The van der Waals surface area contributed by atoms with Crippen molar-refractivity contribution in [3.63, 3.8) is 0 Å². The molecule has 0 saturated heterocycles. The van der Waals surface area contributed by atoms with Crippen LogP contribution in [0.3, 0.4) is 0 Å². The lowest BCUT2D eigenvalue weighted by Crippen LogP contribution is -2.20. The van der Waals surface area contributed by atoms with Gasteiger partial charge in [-0.3, -0.25) is 4.99 Å². The van der Waals surface area contributed by atoms with E-state index in [0.717, 1.165) is 5.56 Å². The highest BCUT2D eigenvalue weighted by atomic mass is 16.4. The predicted molar refractivity (Wildman–Crippen MR) is 67.8 cm³/mol. The third-order valence-electron chi connectivity index (χ3n) is 2.47. The van der Waals surface area contributed by atoms with Crippen molar-refractivity contribution in [2.45, 2.75) is 12.5 Å². The van der Waals surface area contributed by atoms with Crippen molar-refractivity contribution in [1.29, 1.82) is 0 Å². The number of nitrogens with zero attached hydrogens (tertiary/aromatic N) is 2. The zero-order valence-corrected chi connectivity index (χ0v) is 9.65. The topological polar surface area (TPSA) is 78.3 Å². The Morgan fingerprint density at radius 2 is 2.22 bits per heavy atom. The van der Waals surface area contributed by atoms with Gasteiger partial charge in [-0.15, -0.1) is 0 Å². The Balaban J connectivity index is 2.07. The average molecular weight is 243 g/mol. The Hall–Kier alpha value is -2.43. The van der Waals surface area contributed by atoms with Crippen molar-refractivity contribution in [3.05, 3.63) is 54.1 Å². The number of rotatable bonds is 5. The lowest BCUT2D eigenvalue weighted by atomic mass is 10.1. The van der Waals surface area contributed by atoms with Gasteiger partial charge in [-0.25, -0.2) is 9.78 Å². The number of hydrogen-bond acceptors (Lipinski definition) is 3. The zero-order chi connectivity index (χ0) is 12.8. The Bertz CT molecular complexity index is 520. The van der Waals surface area contributed by atoms with Crippen LogP contribution in [0.15, 0.2) is 47.8 Å². The minimum absolute atomic E-state index is 0.376. The highest BCUT2D eigenvalue weighted by molar-refractivity contribution is 5.81. The number of H-pyrrole nitrogens is 1. The molecule has 18 heavy (non-hydrogen) atoms. The number of aromatic amines is 1. The van der Waals surface area contributed by atoms with Crippen LogP contribution >= 0.6 is 0 Å². The molecule has 0 spiro atoms. The minimum Gasteiger partial charge on any atom is -0.480 e. The van der Waals surface area contributed by atoms with Gasteiger partial charge in [0.15, 0.2) is 6.04 Å². The molecular weight excluding hydrogens is 230 g/mol. The smallest absolute Gasteiger partial charge is 0.328 e. The molecule has 0 aliphatic rings. The summed E-state index contributed by atoms with van der Waals surface area (Å²) in [5.74, 6) is -0.936. The van der Waals surface area contributed by atoms with E-state index in [2.05, 4.69) is 15.0 Å². The Labute approximate surface area is 104 Å². The number of carboxylic acid groups (broad SMARTS) is 1. The number of imidazole rings is 1. The van der Waals surface area contributed by atoms with Crippen molar-refractivity contribution in [3.8, 4) is 0 Å². The molecule has 1 aromatic heterocycles. The van der Waals surface area contributed by atoms with E-state index in [0.29, 0.717) is 12.1 Å². The molecule has 0 fully saturated rings. The summed E-state index contributed by atoms with van der Waals surface area (Å²) in [4.78, 5) is 21.9. The second-order valence-corrected chi connectivity index (χ2v) is 3.83. The van der Waals surface area contributed by atoms with Crippen LogP contribution in [0.1, 0.15) is 11.3 Å². The first-order valence-electron chi connectivity index (χ1n) is 5.54. The summed E-state index contributed by atoms with van der Waals surface area (Å²) < 4.78 is 0. The monoisotopic (exact) mass is 243 g/mol. The molecule has 0 saturated carbocycles. The van der Waals surface area contributed by atoms with Gasteiger partial charge in [0.05, 0.1) is 18.2 Å². The van der Waals surface area contributed by atoms with Crippen LogP contribution in [0, 0.1) is 0 Å². The van der Waals surface area contributed by atoms with E-state index in [1.807, 2.05) is 30.3 Å². The van der Waals surface area contributed by atoms with E-state index in [1.54, 1.807) is 6.20 Å². The number of aliphatic imine (C=N–C) groups is 1. The normalized spacial score (nSPS) is 12.7. The van der Waals surface area contributed by atoms with Crippen LogP contribution in [0.2, 0.25) is 0 Å². The van der Waals surface area contributed by atoms with Crippen LogP contribution in [0.4, 0.5) is 0 Å². The lowest BCUT2D eigenvalue weighted by Gasteiger charge is -2.06. The van der Waals surface area contributed by atoms with Crippen LogP contribution in [-0.2, 0) is 11.2 Å². The second kappa shape index (κ2) is 5.77. The molecule has 0 aliphatic carbocycles. The number of nitrogens with one attached hydrogen (secondary N) is 1. The molecule has 0 amide bonds. The Morgan fingerprint density at radius 1 is 1.44 bits per heavy atom. The van der Waals surface area contributed by atoms with Gasteiger partial charge in [0.2, 0.25) is 0 Å². The molecule has 5 nitrogen and oxygen atoms in total. The minimum atomic E-state index is -0.936. The van der Waals surface area contributed by atoms with E-state index in [1.165, 1.54) is 12.5 Å². The molecule has 2 rings (SSSR count). The fraction of sp³-hybridized carbons (Fsp3) is 0.154. The molecule has 0 radical (unpaired) electrons. The van der Waals surface area contributed by atoms with Gasteiger partial charge in [0.25, 0.3) is 0 Å². The standard InChI is InChI=1S/C13H13N3O2/c17-13(18)12(6-10-4-2-1-3-5-10)15-8-11-7-14-9-16-11/h1-5,7-9,12H,6H2,(H,14,16)(H,17,18)/t12-/m0/s1. The number of carboxylic acids is 1. The molecule has 1 aromatic carbocycles. The largest absolute Gasteiger partial charge is 0.480 e. The van der Waals surface area contributed by atoms with E-state index in [9.17, 15) is 4.79 Å². The number of benzene rings is 1. The number of aliphatic carboxylic acids is 1. The van der Waals surface area contributed by atoms with Gasteiger partial charge in [0.1, 0.15) is 0 Å². The quantitative estimate of drug-likeness (QED) is 0.781. The summed E-state index contributed by atoms with van der Waals surface area (Å²) in [5.41, 5.74) is 1.64. The molecule has 92 valence electrons. The highest BCUT2D eigenvalue weighted by Gasteiger charge is 2.15. The summed E-state index contributed by atoms with van der Waals surface area (Å²) in [6.07, 6.45) is 4.98. The summed E-state index contributed by atoms with van der Waals surface area (Å²) in [6.45, 7) is 0. The van der Waals surface area contributed by atoms with Crippen molar-refractivity contribution < 1.29 is 9.90 Å². The van der Waals surface area contributed by atoms with E-state index < -0.39 is 12.0 Å². The van der Waals surface area contributed by atoms with Crippen molar-refractivity contribution in [2.24, 2.45) is 4.99 Å². The number of carbonyl (C=O) groups is 1. The molecular formula is C13H13N3O2.